The minimum Gasteiger partial charge on any atom is -0.334 e. The van der Waals surface area contributed by atoms with Crippen molar-refractivity contribution in [3.05, 3.63) is 16.1 Å². The van der Waals surface area contributed by atoms with Crippen LogP contribution in [0, 0.1) is 6.92 Å². The molecule has 0 saturated carbocycles. The van der Waals surface area contributed by atoms with Crippen LogP contribution in [0.1, 0.15) is 10.7 Å². The SMILES string of the molecule is Cc1nc(CN2CCNCC2=O)cs1. The molecular formula is C9H13N3OS. The number of rotatable bonds is 2. The Kier molecular flexibility index (Phi) is 2.79. The fourth-order valence-electron chi connectivity index (χ4n) is 1.49. The van der Waals surface area contributed by atoms with Crippen molar-refractivity contribution in [1.82, 2.24) is 15.2 Å². The Labute approximate surface area is 86.9 Å². The van der Waals surface area contributed by atoms with E-state index in [0.717, 1.165) is 23.8 Å². The number of thiazole rings is 1. The summed E-state index contributed by atoms with van der Waals surface area (Å²) in [5.74, 6) is 0.168. The van der Waals surface area contributed by atoms with Crippen LogP contribution < -0.4 is 5.32 Å². The Hall–Kier alpha value is -0.940. The molecule has 4 nitrogen and oxygen atoms in total. The lowest BCUT2D eigenvalue weighted by atomic mass is 10.3. The zero-order valence-corrected chi connectivity index (χ0v) is 8.93. The number of carbonyl (C=O) groups is 1. The van der Waals surface area contributed by atoms with Gasteiger partial charge in [-0.3, -0.25) is 4.79 Å². The third-order valence-electron chi connectivity index (χ3n) is 2.21. The molecule has 0 unspecified atom stereocenters. The molecule has 1 aromatic heterocycles. The lowest BCUT2D eigenvalue weighted by molar-refractivity contribution is -0.132. The first kappa shape index (κ1) is 9.61. The largest absolute Gasteiger partial charge is 0.334 e. The molecule has 1 aromatic rings. The fraction of sp³-hybridized carbons (Fsp3) is 0.556. The van der Waals surface area contributed by atoms with E-state index < -0.39 is 0 Å². The summed E-state index contributed by atoms with van der Waals surface area (Å²) in [6, 6.07) is 0. The summed E-state index contributed by atoms with van der Waals surface area (Å²) in [6.07, 6.45) is 0. The molecule has 2 heterocycles. The first-order valence-electron chi connectivity index (χ1n) is 4.65. The van der Waals surface area contributed by atoms with E-state index in [-0.39, 0.29) is 5.91 Å². The van der Waals surface area contributed by atoms with Gasteiger partial charge in [0.25, 0.3) is 0 Å². The summed E-state index contributed by atoms with van der Waals surface area (Å²) in [4.78, 5) is 17.6. The van der Waals surface area contributed by atoms with Gasteiger partial charge < -0.3 is 10.2 Å². The monoisotopic (exact) mass is 211 g/mol. The zero-order valence-electron chi connectivity index (χ0n) is 8.12. The van der Waals surface area contributed by atoms with Gasteiger partial charge in [0.05, 0.1) is 23.8 Å². The number of piperazine rings is 1. The Bertz CT molecular complexity index is 337. The quantitative estimate of drug-likeness (QED) is 0.769. The average molecular weight is 211 g/mol. The van der Waals surface area contributed by atoms with Crippen LogP contribution in [0.5, 0.6) is 0 Å². The second kappa shape index (κ2) is 4.06. The van der Waals surface area contributed by atoms with Gasteiger partial charge in [-0.05, 0) is 6.92 Å². The van der Waals surface area contributed by atoms with Crippen LogP contribution in [0.2, 0.25) is 0 Å². The summed E-state index contributed by atoms with van der Waals surface area (Å²) in [5.41, 5.74) is 1.00. The third-order valence-corrected chi connectivity index (χ3v) is 3.03. The molecule has 0 radical (unpaired) electrons. The van der Waals surface area contributed by atoms with Gasteiger partial charge in [0.15, 0.2) is 0 Å². The fourth-order valence-corrected chi connectivity index (χ4v) is 2.09. The van der Waals surface area contributed by atoms with Crippen LogP contribution in [0.3, 0.4) is 0 Å². The van der Waals surface area contributed by atoms with E-state index in [1.54, 1.807) is 11.3 Å². The molecule has 0 bridgehead atoms. The molecule has 14 heavy (non-hydrogen) atoms. The Morgan fingerprint density at radius 3 is 3.21 bits per heavy atom. The second-order valence-electron chi connectivity index (χ2n) is 3.35. The molecule has 0 aliphatic carbocycles. The maximum absolute atomic E-state index is 11.4. The molecule has 0 aromatic carbocycles. The number of amides is 1. The van der Waals surface area contributed by atoms with E-state index in [2.05, 4.69) is 10.3 Å². The van der Waals surface area contributed by atoms with Gasteiger partial charge in [0, 0.05) is 18.5 Å². The average Bonchev–Trinajstić information content (AvgIpc) is 2.56. The standard InChI is InChI=1S/C9H13N3OS/c1-7-11-8(6-14-7)5-12-3-2-10-4-9(12)13/h6,10H,2-5H2,1H3. The highest BCUT2D eigenvalue weighted by Crippen LogP contribution is 2.10. The Morgan fingerprint density at radius 2 is 2.57 bits per heavy atom. The smallest absolute Gasteiger partial charge is 0.236 e. The molecule has 1 N–H and O–H groups in total. The molecule has 1 aliphatic rings. The first-order chi connectivity index (χ1) is 6.75. The van der Waals surface area contributed by atoms with Crippen LogP contribution in [-0.2, 0) is 11.3 Å². The van der Waals surface area contributed by atoms with Crippen molar-refractivity contribution in [2.24, 2.45) is 0 Å². The maximum atomic E-state index is 11.4. The van der Waals surface area contributed by atoms with Crippen molar-refractivity contribution in [2.45, 2.75) is 13.5 Å². The summed E-state index contributed by atoms with van der Waals surface area (Å²) < 4.78 is 0. The number of nitrogens with zero attached hydrogens (tertiary/aromatic N) is 2. The molecule has 0 atom stereocenters. The van der Waals surface area contributed by atoms with E-state index in [1.165, 1.54) is 0 Å². The highest BCUT2D eigenvalue weighted by Gasteiger charge is 2.18. The van der Waals surface area contributed by atoms with E-state index in [0.29, 0.717) is 13.1 Å². The van der Waals surface area contributed by atoms with E-state index in [4.69, 9.17) is 0 Å². The predicted molar refractivity (Wildman–Crippen MR) is 55.1 cm³/mol. The summed E-state index contributed by atoms with van der Waals surface area (Å²) >= 11 is 1.63. The normalized spacial score (nSPS) is 17.5. The van der Waals surface area contributed by atoms with Crippen molar-refractivity contribution in [3.8, 4) is 0 Å². The number of carbonyl (C=O) groups excluding carboxylic acids is 1. The van der Waals surface area contributed by atoms with Crippen LogP contribution in [0.15, 0.2) is 5.38 Å². The van der Waals surface area contributed by atoms with Crippen molar-refractivity contribution >= 4 is 17.2 Å². The lowest BCUT2D eigenvalue weighted by Gasteiger charge is -2.26. The Morgan fingerprint density at radius 1 is 1.71 bits per heavy atom. The number of hydrogen-bond donors (Lipinski definition) is 1. The molecule has 1 amide bonds. The maximum Gasteiger partial charge on any atom is 0.236 e. The predicted octanol–water partition coefficient (Wildman–Crippen LogP) is 0.383. The molecule has 2 rings (SSSR count). The summed E-state index contributed by atoms with van der Waals surface area (Å²) in [7, 11) is 0. The van der Waals surface area contributed by atoms with Crippen LogP contribution in [0.25, 0.3) is 0 Å². The van der Waals surface area contributed by atoms with Crippen molar-refractivity contribution in [3.63, 3.8) is 0 Å². The van der Waals surface area contributed by atoms with Gasteiger partial charge in [0.2, 0.25) is 5.91 Å². The van der Waals surface area contributed by atoms with Gasteiger partial charge in [0.1, 0.15) is 0 Å². The molecule has 0 spiro atoms. The molecule has 5 heteroatoms. The van der Waals surface area contributed by atoms with E-state index >= 15 is 0 Å². The third kappa shape index (κ3) is 2.10. The highest BCUT2D eigenvalue weighted by atomic mass is 32.1. The van der Waals surface area contributed by atoms with Gasteiger partial charge in [-0.15, -0.1) is 11.3 Å². The minimum absolute atomic E-state index is 0.168. The molecular weight excluding hydrogens is 198 g/mol. The molecule has 1 saturated heterocycles. The number of aromatic nitrogens is 1. The number of aryl methyl sites for hydroxylation is 1. The molecule has 1 fully saturated rings. The first-order valence-corrected chi connectivity index (χ1v) is 5.53. The molecule has 1 aliphatic heterocycles. The van der Waals surface area contributed by atoms with E-state index in [1.807, 2.05) is 17.2 Å². The van der Waals surface area contributed by atoms with Crippen LogP contribution >= 0.6 is 11.3 Å². The number of hydrogen-bond acceptors (Lipinski definition) is 4. The van der Waals surface area contributed by atoms with Gasteiger partial charge >= 0.3 is 0 Å². The Balaban J connectivity index is 1.99. The van der Waals surface area contributed by atoms with Gasteiger partial charge in [-0.25, -0.2) is 4.98 Å². The van der Waals surface area contributed by atoms with Gasteiger partial charge in [-0.1, -0.05) is 0 Å². The lowest BCUT2D eigenvalue weighted by Crippen LogP contribution is -2.47. The minimum atomic E-state index is 0.168. The van der Waals surface area contributed by atoms with Crippen molar-refractivity contribution < 1.29 is 4.79 Å². The summed E-state index contributed by atoms with van der Waals surface area (Å²) in [5, 5.41) is 6.12. The molecule has 76 valence electrons. The summed E-state index contributed by atoms with van der Waals surface area (Å²) in [6.45, 7) is 4.77. The second-order valence-corrected chi connectivity index (χ2v) is 4.41. The van der Waals surface area contributed by atoms with Crippen molar-refractivity contribution in [1.29, 1.82) is 0 Å². The van der Waals surface area contributed by atoms with Crippen LogP contribution in [-0.4, -0.2) is 35.4 Å². The number of nitrogens with one attached hydrogen (secondary N) is 1. The van der Waals surface area contributed by atoms with Crippen LogP contribution in [0.4, 0.5) is 0 Å². The van der Waals surface area contributed by atoms with Gasteiger partial charge in [-0.2, -0.15) is 0 Å². The van der Waals surface area contributed by atoms with Crippen molar-refractivity contribution in [2.75, 3.05) is 19.6 Å². The van der Waals surface area contributed by atoms with E-state index in [9.17, 15) is 4.79 Å². The zero-order chi connectivity index (χ0) is 9.97. The highest BCUT2D eigenvalue weighted by molar-refractivity contribution is 7.09. The topological polar surface area (TPSA) is 45.2 Å².